The summed E-state index contributed by atoms with van der Waals surface area (Å²) in [6.45, 7) is 0. The van der Waals surface area contributed by atoms with Gasteiger partial charge in [0.2, 0.25) is 5.95 Å². The van der Waals surface area contributed by atoms with Gasteiger partial charge in [-0.25, -0.2) is 5.10 Å². The van der Waals surface area contributed by atoms with Gasteiger partial charge in [-0.3, -0.25) is 20.2 Å². The summed E-state index contributed by atoms with van der Waals surface area (Å²) in [7, 11) is 1.39. The highest BCUT2D eigenvalue weighted by molar-refractivity contribution is 7.98. The van der Waals surface area contributed by atoms with Crippen LogP contribution in [0.2, 0.25) is 0 Å². The molecule has 2 rings (SSSR count). The molecule has 1 amide bonds. The number of anilines is 1. The summed E-state index contributed by atoms with van der Waals surface area (Å²) in [4.78, 5) is 26.8. The highest BCUT2D eigenvalue weighted by atomic mass is 32.2. The molecule has 0 spiro atoms. The molecule has 0 bridgehead atoms. The van der Waals surface area contributed by atoms with Crippen LogP contribution in [-0.4, -0.2) is 39.4 Å². The summed E-state index contributed by atoms with van der Waals surface area (Å²) in [6, 6.07) is 4.32. The second-order valence-electron chi connectivity index (χ2n) is 3.77. The predicted molar refractivity (Wildman–Crippen MR) is 75.8 cm³/mol. The lowest BCUT2D eigenvalue weighted by Crippen LogP contribution is -2.13. The number of hydrogen-bond donors (Lipinski definition) is 2. The maximum absolute atomic E-state index is 12.0. The number of hydrogen-bond acceptors (Lipinski definition) is 7. The van der Waals surface area contributed by atoms with Crippen LogP contribution in [0.25, 0.3) is 0 Å². The van der Waals surface area contributed by atoms with E-state index in [1.807, 2.05) is 0 Å². The Labute approximate surface area is 123 Å². The lowest BCUT2D eigenvalue weighted by Gasteiger charge is -2.04. The van der Waals surface area contributed by atoms with E-state index in [9.17, 15) is 14.9 Å². The third kappa shape index (κ3) is 3.28. The Bertz CT molecular complexity index is 687. The van der Waals surface area contributed by atoms with Gasteiger partial charge in [0, 0.05) is 11.6 Å². The number of thioether (sulfide) groups is 1. The number of methoxy groups -OCH3 is 1. The van der Waals surface area contributed by atoms with Crippen molar-refractivity contribution in [2.24, 2.45) is 0 Å². The average molecular weight is 309 g/mol. The number of rotatable bonds is 5. The normalized spacial score (nSPS) is 10.2. The lowest BCUT2D eigenvalue weighted by atomic mass is 10.2. The molecule has 1 aromatic carbocycles. The predicted octanol–water partition coefficient (Wildman–Crippen LogP) is 1.70. The third-order valence-corrected chi connectivity index (χ3v) is 3.30. The molecule has 0 radical (unpaired) electrons. The zero-order chi connectivity index (χ0) is 15.4. The number of aromatic nitrogens is 3. The van der Waals surface area contributed by atoms with Crippen LogP contribution < -0.4 is 10.1 Å². The van der Waals surface area contributed by atoms with E-state index < -0.39 is 10.8 Å². The molecule has 0 saturated carbocycles. The van der Waals surface area contributed by atoms with Crippen molar-refractivity contribution in [1.82, 2.24) is 15.2 Å². The number of carbonyl (C=O) groups is 1. The van der Waals surface area contributed by atoms with Gasteiger partial charge in [-0.05, 0) is 18.4 Å². The number of H-pyrrole nitrogens is 1. The Morgan fingerprint density at radius 1 is 1.52 bits per heavy atom. The van der Waals surface area contributed by atoms with Crippen LogP contribution in [0.5, 0.6) is 6.01 Å². The van der Waals surface area contributed by atoms with Crippen molar-refractivity contribution in [3.05, 3.63) is 33.9 Å². The standard InChI is InChI=1S/C11H11N5O4S/c1-20-11-13-10(14-15-11)12-9(17)6-3-4-8(21-2)7(5-6)16(18)19/h3-5H,1-2H3,(H2,12,13,14,15,17). The molecule has 0 atom stereocenters. The molecule has 0 unspecified atom stereocenters. The van der Waals surface area contributed by atoms with Gasteiger partial charge in [0.05, 0.1) is 16.9 Å². The smallest absolute Gasteiger partial charge is 0.336 e. The number of amides is 1. The molecule has 110 valence electrons. The Morgan fingerprint density at radius 2 is 2.29 bits per heavy atom. The SMILES string of the molecule is COc1n[nH]c(NC(=O)c2ccc(SC)c([N+](=O)[O-])c2)n1. The monoisotopic (exact) mass is 309 g/mol. The fourth-order valence-corrected chi connectivity index (χ4v) is 2.09. The molecule has 2 aromatic rings. The molecular weight excluding hydrogens is 298 g/mol. The minimum absolute atomic E-state index is 0.0778. The number of ether oxygens (including phenoxy) is 1. The molecule has 0 saturated heterocycles. The number of nitro benzene ring substituents is 1. The zero-order valence-electron chi connectivity index (χ0n) is 11.1. The van der Waals surface area contributed by atoms with Gasteiger partial charge in [0.25, 0.3) is 11.6 Å². The molecule has 1 aromatic heterocycles. The van der Waals surface area contributed by atoms with E-state index in [4.69, 9.17) is 4.74 Å². The maximum Gasteiger partial charge on any atom is 0.336 e. The van der Waals surface area contributed by atoms with Gasteiger partial charge < -0.3 is 4.74 Å². The molecule has 0 aliphatic carbocycles. The van der Waals surface area contributed by atoms with Crippen molar-refractivity contribution in [1.29, 1.82) is 0 Å². The van der Waals surface area contributed by atoms with Crippen LogP contribution in [0, 0.1) is 10.1 Å². The second kappa shape index (κ2) is 6.22. The number of nitrogens with one attached hydrogen (secondary N) is 2. The van der Waals surface area contributed by atoms with Crippen LogP contribution in [-0.2, 0) is 0 Å². The first kappa shape index (κ1) is 14.8. The molecule has 1 heterocycles. The lowest BCUT2D eigenvalue weighted by molar-refractivity contribution is -0.387. The Morgan fingerprint density at radius 3 is 2.86 bits per heavy atom. The topological polar surface area (TPSA) is 123 Å². The molecule has 10 heteroatoms. The highest BCUT2D eigenvalue weighted by Gasteiger charge is 2.18. The summed E-state index contributed by atoms with van der Waals surface area (Å²) in [6.07, 6.45) is 1.73. The summed E-state index contributed by atoms with van der Waals surface area (Å²) in [5.74, 6) is -0.446. The van der Waals surface area contributed by atoms with Crippen LogP contribution in [0.4, 0.5) is 11.6 Å². The second-order valence-corrected chi connectivity index (χ2v) is 4.62. The molecule has 0 fully saturated rings. The Balaban J connectivity index is 2.22. The first-order chi connectivity index (χ1) is 10.0. The van der Waals surface area contributed by atoms with Gasteiger partial charge in [0.15, 0.2) is 0 Å². The van der Waals surface area contributed by atoms with E-state index >= 15 is 0 Å². The molecular formula is C11H11N5O4S. The van der Waals surface area contributed by atoms with E-state index in [-0.39, 0.29) is 23.2 Å². The van der Waals surface area contributed by atoms with Crippen molar-refractivity contribution in [3.8, 4) is 6.01 Å². The average Bonchev–Trinajstić information content (AvgIpc) is 2.94. The minimum atomic E-state index is -0.537. The van der Waals surface area contributed by atoms with E-state index in [2.05, 4.69) is 20.5 Å². The molecule has 0 aliphatic rings. The van der Waals surface area contributed by atoms with Gasteiger partial charge in [0.1, 0.15) is 0 Å². The minimum Gasteiger partial charge on any atom is -0.466 e. The quantitative estimate of drug-likeness (QED) is 0.489. The van der Waals surface area contributed by atoms with Crippen LogP contribution in [0.1, 0.15) is 10.4 Å². The van der Waals surface area contributed by atoms with Crippen LogP contribution in [0.15, 0.2) is 23.1 Å². The fraction of sp³-hybridized carbons (Fsp3) is 0.182. The van der Waals surface area contributed by atoms with Gasteiger partial charge in [-0.15, -0.1) is 16.9 Å². The number of carbonyl (C=O) groups excluding carboxylic acids is 1. The summed E-state index contributed by atoms with van der Waals surface area (Å²) >= 11 is 1.24. The number of nitrogens with zero attached hydrogens (tertiary/aromatic N) is 3. The largest absolute Gasteiger partial charge is 0.466 e. The van der Waals surface area contributed by atoms with Crippen LogP contribution in [0.3, 0.4) is 0 Å². The third-order valence-electron chi connectivity index (χ3n) is 2.52. The Hall–Kier alpha value is -2.62. The van der Waals surface area contributed by atoms with E-state index in [1.165, 1.54) is 37.1 Å². The maximum atomic E-state index is 12.0. The molecule has 2 N–H and O–H groups in total. The van der Waals surface area contributed by atoms with E-state index in [1.54, 1.807) is 6.26 Å². The highest BCUT2D eigenvalue weighted by Crippen LogP contribution is 2.28. The van der Waals surface area contributed by atoms with Gasteiger partial charge in [-0.1, -0.05) is 0 Å². The Kier molecular flexibility index (Phi) is 4.38. The van der Waals surface area contributed by atoms with E-state index in [0.29, 0.717) is 4.90 Å². The number of benzene rings is 1. The zero-order valence-corrected chi connectivity index (χ0v) is 11.9. The molecule has 21 heavy (non-hydrogen) atoms. The molecule has 9 nitrogen and oxygen atoms in total. The van der Waals surface area contributed by atoms with Crippen molar-refractivity contribution >= 4 is 29.3 Å². The van der Waals surface area contributed by atoms with E-state index in [0.717, 1.165) is 0 Å². The van der Waals surface area contributed by atoms with Gasteiger partial charge in [-0.2, -0.15) is 4.98 Å². The number of nitro groups is 1. The van der Waals surface area contributed by atoms with Gasteiger partial charge >= 0.3 is 6.01 Å². The van der Waals surface area contributed by atoms with Crippen molar-refractivity contribution in [3.63, 3.8) is 0 Å². The van der Waals surface area contributed by atoms with Crippen LogP contribution >= 0.6 is 11.8 Å². The summed E-state index contributed by atoms with van der Waals surface area (Å²) in [5, 5.41) is 19.5. The van der Waals surface area contributed by atoms with Crippen molar-refractivity contribution in [2.45, 2.75) is 4.90 Å². The first-order valence-electron chi connectivity index (χ1n) is 5.65. The summed E-state index contributed by atoms with van der Waals surface area (Å²) < 4.78 is 4.77. The van der Waals surface area contributed by atoms with Crippen molar-refractivity contribution in [2.75, 3.05) is 18.7 Å². The fourth-order valence-electron chi connectivity index (χ4n) is 1.55. The summed E-state index contributed by atoms with van der Waals surface area (Å²) in [5.41, 5.74) is 0.0279. The number of aromatic amines is 1. The first-order valence-corrected chi connectivity index (χ1v) is 6.87. The van der Waals surface area contributed by atoms with Crippen molar-refractivity contribution < 1.29 is 14.5 Å². The molecule has 0 aliphatic heterocycles.